The van der Waals surface area contributed by atoms with E-state index in [1.54, 1.807) is 24.3 Å². The van der Waals surface area contributed by atoms with E-state index in [2.05, 4.69) is 4.72 Å². The third-order valence-corrected chi connectivity index (χ3v) is 6.87. The minimum absolute atomic E-state index is 0.0562. The normalized spacial score (nSPS) is 11.7. The van der Waals surface area contributed by atoms with Crippen LogP contribution in [0.4, 0.5) is 0 Å². The van der Waals surface area contributed by atoms with Gasteiger partial charge in [0.05, 0.1) is 5.75 Å². The molecule has 0 aliphatic carbocycles. The summed E-state index contributed by atoms with van der Waals surface area (Å²) in [7, 11) is -3.65. The second-order valence-electron chi connectivity index (χ2n) is 7.36. The summed E-state index contributed by atoms with van der Waals surface area (Å²) in [6.07, 6.45) is 4.23. The van der Waals surface area contributed by atoms with Gasteiger partial charge in [0.1, 0.15) is 0 Å². The molecular formula is C22H24Cl2N2O3S. The highest BCUT2D eigenvalue weighted by Crippen LogP contribution is 2.26. The SMILES string of the molecule is CCCCCS(=O)(=O)NC(=O)c1ccc2c(C)cn(Cc3ccc(Cl)cc3Cl)c2c1. The van der Waals surface area contributed by atoms with Crippen LogP contribution in [0.5, 0.6) is 0 Å². The van der Waals surface area contributed by atoms with Gasteiger partial charge in [0.15, 0.2) is 0 Å². The Kier molecular flexibility index (Phi) is 7.11. The number of amides is 1. The highest BCUT2D eigenvalue weighted by molar-refractivity contribution is 7.90. The highest BCUT2D eigenvalue weighted by Gasteiger charge is 2.17. The van der Waals surface area contributed by atoms with Crippen LogP contribution in [-0.2, 0) is 16.6 Å². The second kappa shape index (κ2) is 9.41. The van der Waals surface area contributed by atoms with Gasteiger partial charge in [-0.25, -0.2) is 13.1 Å². The fourth-order valence-electron chi connectivity index (χ4n) is 3.37. The van der Waals surface area contributed by atoms with E-state index in [9.17, 15) is 13.2 Å². The molecule has 0 aliphatic rings. The number of nitrogens with one attached hydrogen (secondary N) is 1. The number of hydrogen-bond donors (Lipinski definition) is 1. The van der Waals surface area contributed by atoms with E-state index in [1.807, 2.05) is 36.7 Å². The molecule has 0 saturated carbocycles. The number of hydrogen-bond acceptors (Lipinski definition) is 3. The van der Waals surface area contributed by atoms with Crippen LogP contribution in [0.2, 0.25) is 10.0 Å². The summed E-state index contributed by atoms with van der Waals surface area (Å²) in [6.45, 7) is 4.48. The van der Waals surface area contributed by atoms with E-state index in [4.69, 9.17) is 23.2 Å². The summed E-state index contributed by atoms with van der Waals surface area (Å²) in [5, 5.41) is 2.12. The molecule has 0 atom stereocenters. The maximum absolute atomic E-state index is 12.6. The topological polar surface area (TPSA) is 68.2 Å². The van der Waals surface area contributed by atoms with E-state index in [0.717, 1.165) is 34.9 Å². The standard InChI is InChI=1S/C22H24Cl2N2O3S/c1-3-4-5-10-30(28,29)25-22(27)16-7-9-19-15(2)13-26(21(19)11-16)14-17-6-8-18(23)12-20(17)24/h6-9,11-13H,3-5,10,14H2,1-2H3,(H,25,27). The molecule has 3 aromatic rings. The molecule has 8 heteroatoms. The van der Waals surface area contributed by atoms with E-state index < -0.39 is 15.9 Å². The average molecular weight is 467 g/mol. The number of nitrogens with zero attached hydrogens (tertiary/aromatic N) is 1. The van der Waals surface area contributed by atoms with Gasteiger partial charge in [0.2, 0.25) is 10.0 Å². The molecule has 0 spiro atoms. The van der Waals surface area contributed by atoms with Crippen molar-refractivity contribution in [3.8, 4) is 0 Å². The minimum atomic E-state index is -3.65. The van der Waals surface area contributed by atoms with Crippen molar-refractivity contribution in [2.75, 3.05) is 5.75 Å². The third-order valence-electron chi connectivity index (χ3n) is 4.96. The van der Waals surface area contributed by atoms with Gasteiger partial charge >= 0.3 is 0 Å². The molecule has 30 heavy (non-hydrogen) atoms. The zero-order valence-corrected chi connectivity index (χ0v) is 19.2. The Morgan fingerprint density at radius 3 is 2.57 bits per heavy atom. The lowest BCUT2D eigenvalue weighted by Gasteiger charge is -2.10. The van der Waals surface area contributed by atoms with Gasteiger partial charge in [-0.2, -0.15) is 0 Å². The first-order valence-electron chi connectivity index (χ1n) is 9.78. The van der Waals surface area contributed by atoms with Gasteiger partial charge in [-0.15, -0.1) is 0 Å². The number of aryl methyl sites for hydroxylation is 1. The lowest BCUT2D eigenvalue weighted by atomic mass is 10.1. The minimum Gasteiger partial charge on any atom is -0.343 e. The summed E-state index contributed by atoms with van der Waals surface area (Å²) in [5.74, 6) is -0.678. The Balaban J connectivity index is 1.88. The van der Waals surface area contributed by atoms with Crippen LogP contribution in [0.25, 0.3) is 10.9 Å². The van der Waals surface area contributed by atoms with Crippen LogP contribution in [0.1, 0.15) is 47.7 Å². The van der Waals surface area contributed by atoms with Crippen LogP contribution in [0.15, 0.2) is 42.6 Å². The first kappa shape index (κ1) is 22.7. The fraction of sp³-hybridized carbons (Fsp3) is 0.318. The summed E-state index contributed by atoms with van der Waals surface area (Å²) in [5.41, 5.74) is 3.07. The average Bonchev–Trinajstić information content (AvgIpc) is 2.99. The van der Waals surface area contributed by atoms with Gasteiger partial charge in [-0.3, -0.25) is 4.79 Å². The van der Waals surface area contributed by atoms with Gasteiger partial charge in [0.25, 0.3) is 5.91 Å². The zero-order valence-electron chi connectivity index (χ0n) is 16.9. The highest BCUT2D eigenvalue weighted by atomic mass is 35.5. The maximum Gasteiger partial charge on any atom is 0.264 e. The lowest BCUT2D eigenvalue weighted by Crippen LogP contribution is -2.32. The lowest BCUT2D eigenvalue weighted by molar-refractivity contribution is 0.0981. The van der Waals surface area contributed by atoms with E-state index in [1.165, 1.54) is 0 Å². The van der Waals surface area contributed by atoms with Crippen molar-refractivity contribution in [2.45, 2.75) is 39.7 Å². The Morgan fingerprint density at radius 2 is 1.87 bits per heavy atom. The van der Waals surface area contributed by atoms with Gasteiger partial charge in [0, 0.05) is 39.3 Å². The molecule has 0 radical (unpaired) electrons. The molecule has 0 unspecified atom stereocenters. The Labute approximate surface area is 187 Å². The van der Waals surface area contributed by atoms with Crippen molar-refractivity contribution in [3.63, 3.8) is 0 Å². The van der Waals surface area contributed by atoms with Crippen LogP contribution in [0, 0.1) is 6.92 Å². The largest absolute Gasteiger partial charge is 0.343 e. The summed E-state index contributed by atoms with van der Waals surface area (Å²) >= 11 is 12.3. The predicted molar refractivity (Wildman–Crippen MR) is 123 cm³/mol. The first-order valence-corrected chi connectivity index (χ1v) is 12.2. The molecule has 1 aromatic heterocycles. The van der Waals surface area contributed by atoms with Gasteiger partial charge in [-0.1, -0.05) is 55.1 Å². The van der Waals surface area contributed by atoms with E-state index >= 15 is 0 Å². The molecule has 2 aromatic carbocycles. The quantitative estimate of drug-likeness (QED) is 0.442. The number of carbonyl (C=O) groups is 1. The van der Waals surface area contributed by atoms with Crippen molar-refractivity contribution in [2.24, 2.45) is 0 Å². The fourth-order valence-corrected chi connectivity index (χ4v) is 4.93. The van der Waals surface area contributed by atoms with E-state index in [0.29, 0.717) is 28.6 Å². The Morgan fingerprint density at radius 1 is 1.10 bits per heavy atom. The van der Waals surface area contributed by atoms with Gasteiger partial charge < -0.3 is 4.57 Å². The molecule has 0 fully saturated rings. The molecular weight excluding hydrogens is 443 g/mol. The molecule has 3 rings (SSSR count). The molecule has 0 saturated heterocycles. The number of carbonyl (C=O) groups excluding carboxylic acids is 1. The third kappa shape index (κ3) is 5.36. The number of halogens is 2. The Hall–Kier alpha value is -2.02. The van der Waals surface area contributed by atoms with Crippen LogP contribution >= 0.6 is 23.2 Å². The second-order valence-corrected chi connectivity index (χ2v) is 10.1. The van der Waals surface area contributed by atoms with Crippen molar-refractivity contribution >= 4 is 50.0 Å². The predicted octanol–water partition coefficient (Wildman–Crippen LogP) is 5.55. The summed E-state index contributed by atoms with van der Waals surface area (Å²) in [6, 6.07) is 10.5. The number of benzene rings is 2. The smallest absolute Gasteiger partial charge is 0.264 e. The molecule has 0 aliphatic heterocycles. The number of fused-ring (bicyclic) bond motifs is 1. The van der Waals surface area contributed by atoms with Crippen molar-refractivity contribution in [1.29, 1.82) is 0 Å². The molecule has 0 bridgehead atoms. The molecule has 1 heterocycles. The number of sulfonamides is 1. The number of unbranched alkanes of at least 4 members (excludes halogenated alkanes) is 2. The maximum atomic E-state index is 12.6. The number of rotatable bonds is 8. The van der Waals surface area contributed by atoms with Crippen molar-refractivity contribution in [1.82, 2.24) is 9.29 Å². The monoisotopic (exact) mass is 466 g/mol. The molecule has 1 N–H and O–H groups in total. The van der Waals surface area contributed by atoms with Crippen molar-refractivity contribution in [3.05, 3.63) is 69.3 Å². The number of aromatic nitrogens is 1. The van der Waals surface area contributed by atoms with Crippen LogP contribution in [0.3, 0.4) is 0 Å². The first-order chi connectivity index (χ1) is 14.2. The Bertz CT molecular complexity index is 1190. The van der Waals surface area contributed by atoms with Crippen LogP contribution < -0.4 is 4.72 Å². The van der Waals surface area contributed by atoms with Crippen molar-refractivity contribution < 1.29 is 13.2 Å². The zero-order chi connectivity index (χ0) is 21.9. The van der Waals surface area contributed by atoms with E-state index in [-0.39, 0.29) is 5.75 Å². The summed E-state index contributed by atoms with van der Waals surface area (Å²) < 4.78 is 28.5. The molecule has 1 amide bonds. The molecule has 160 valence electrons. The van der Waals surface area contributed by atoms with Gasteiger partial charge in [-0.05, 0) is 48.7 Å². The van der Waals surface area contributed by atoms with Crippen LogP contribution in [-0.4, -0.2) is 24.6 Å². The molecule has 5 nitrogen and oxygen atoms in total. The summed E-state index contributed by atoms with van der Waals surface area (Å²) in [4.78, 5) is 12.6.